The lowest BCUT2D eigenvalue weighted by molar-refractivity contribution is -0.120. The van der Waals surface area contributed by atoms with Crippen LogP contribution in [0.25, 0.3) is 0 Å². The van der Waals surface area contributed by atoms with Crippen LogP contribution in [0, 0.1) is 5.92 Å². The first-order chi connectivity index (χ1) is 10.5. The minimum atomic E-state index is -0.159. The summed E-state index contributed by atoms with van der Waals surface area (Å²) in [5, 5.41) is 8.73. The standard InChI is InChI=1S/C16H21N3O2S/c1-3-10(2)17-15(21)12-6-4-5-7-13(12)18-16(22)19-14(20)11-8-9-11/h4-7,10-11H,3,8-9H2,1-2H3,(H,17,21)(H2,18,19,20,22). The van der Waals surface area contributed by atoms with Gasteiger partial charge in [-0.1, -0.05) is 19.1 Å². The number of para-hydroxylation sites is 1. The molecule has 22 heavy (non-hydrogen) atoms. The van der Waals surface area contributed by atoms with Crippen molar-refractivity contribution in [2.45, 2.75) is 39.2 Å². The van der Waals surface area contributed by atoms with Crippen LogP contribution in [0.5, 0.6) is 0 Å². The number of thiocarbonyl (C=S) groups is 1. The summed E-state index contributed by atoms with van der Waals surface area (Å²) in [5.41, 5.74) is 1.09. The quantitative estimate of drug-likeness (QED) is 0.729. The predicted molar refractivity (Wildman–Crippen MR) is 90.7 cm³/mol. The molecule has 5 nitrogen and oxygen atoms in total. The SMILES string of the molecule is CCC(C)NC(=O)c1ccccc1NC(=S)NC(=O)C1CC1. The van der Waals surface area contributed by atoms with Crippen molar-refractivity contribution in [3.8, 4) is 0 Å². The molecule has 0 saturated heterocycles. The van der Waals surface area contributed by atoms with Gasteiger partial charge in [-0.3, -0.25) is 9.59 Å². The number of carbonyl (C=O) groups excluding carboxylic acids is 2. The summed E-state index contributed by atoms with van der Waals surface area (Å²) in [6, 6.07) is 7.20. The Bertz CT molecular complexity index is 585. The van der Waals surface area contributed by atoms with Gasteiger partial charge in [0, 0.05) is 12.0 Å². The highest BCUT2D eigenvalue weighted by atomic mass is 32.1. The Morgan fingerprint density at radius 2 is 2.00 bits per heavy atom. The van der Waals surface area contributed by atoms with E-state index in [1.807, 2.05) is 19.9 Å². The van der Waals surface area contributed by atoms with Gasteiger partial charge in [-0.05, 0) is 50.5 Å². The Balaban J connectivity index is 2.02. The molecule has 0 aliphatic heterocycles. The molecule has 2 rings (SSSR count). The van der Waals surface area contributed by atoms with Crippen LogP contribution in [0.4, 0.5) is 5.69 Å². The zero-order valence-corrected chi connectivity index (χ0v) is 13.6. The molecule has 1 fully saturated rings. The smallest absolute Gasteiger partial charge is 0.253 e. The molecule has 0 heterocycles. The van der Waals surface area contributed by atoms with Gasteiger partial charge in [-0.2, -0.15) is 0 Å². The van der Waals surface area contributed by atoms with Gasteiger partial charge in [0.05, 0.1) is 11.3 Å². The number of nitrogens with one attached hydrogen (secondary N) is 3. The molecule has 0 radical (unpaired) electrons. The van der Waals surface area contributed by atoms with Gasteiger partial charge in [0.2, 0.25) is 5.91 Å². The van der Waals surface area contributed by atoms with Gasteiger partial charge in [0.15, 0.2) is 5.11 Å². The van der Waals surface area contributed by atoms with Crippen LogP contribution in [0.2, 0.25) is 0 Å². The summed E-state index contributed by atoms with van der Waals surface area (Å²) < 4.78 is 0. The van der Waals surface area contributed by atoms with Crippen molar-refractivity contribution in [3.05, 3.63) is 29.8 Å². The molecule has 2 amide bonds. The molecular formula is C16H21N3O2S. The molecule has 3 N–H and O–H groups in total. The van der Waals surface area contributed by atoms with Crippen LogP contribution in [-0.2, 0) is 4.79 Å². The highest BCUT2D eigenvalue weighted by Gasteiger charge is 2.30. The van der Waals surface area contributed by atoms with E-state index in [1.165, 1.54) is 0 Å². The van der Waals surface area contributed by atoms with Gasteiger partial charge >= 0.3 is 0 Å². The molecular weight excluding hydrogens is 298 g/mol. The minimum Gasteiger partial charge on any atom is -0.350 e. The number of hydrogen-bond acceptors (Lipinski definition) is 3. The Labute approximate surface area is 135 Å². The third-order valence-corrected chi connectivity index (χ3v) is 3.80. The Morgan fingerprint density at radius 1 is 1.32 bits per heavy atom. The maximum Gasteiger partial charge on any atom is 0.253 e. The number of amides is 2. The number of benzene rings is 1. The highest BCUT2D eigenvalue weighted by molar-refractivity contribution is 7.80. The van der Waals surface area contributed by atoms with Gasteiger partial charge in [-0.15, -0.1) is 0 Å². The normalized spacial score (nSPS) is 14.8. The van der Waals surface area contributed by atoms with Crippen molar-refractivity contribution >= 4 is 34.8 Å². The third-order valence-electron chi connectivity index (χ3n) is 3.59. The summed E-state index contributed by atoms with van der Waals surface area (Å²) in [6.07, 6.45) is 2.70. The van der Waals surface area contributed by atoms with Crippen LogP contribution >= 0.6 is 12.2 Å². The maximum absolute atomic E-state index is 12.3. The molecule has 6 heteroatoms. The lowest BCUT2D eigenvalue weighted by atomic mass is 10.1. The first-order valence-corrected chi connectivity index (χ1v) is 7.93. The largest absolute Gasteiger partial charge is 0.350 e. The van der Waals surface area contributed by atoms with Crippen molar-refractivity contribution in [1.29, 1.82) is 0 Å². The lowest BCUT2D eigenvalue weighted by Gasteiger charge is -2.15. The predicted octanol–water partition coefficient (Wildman–Crippen LogP) is 2.44. The van der Waals surface area contributed by atoms with E-state index in [0.29, 0.717) is 11.3 Å². The first-order valence-electron chi connectivity index (χ1n) is 7.53. The minimum absolute atomic E-state index is 0.0564. The second-order valence-electron chi connectivity index (χ2n) is 5.55. The molecule has 1 aliphatic rings. The zero-order chi connectivity index (χ0) is 16.1. The summed E-state index contributed by atoms with van der Waals surface area (Å²) in [7, 11) is 0. The molecule has 1 unspecified atom stereocenters. The monoisotopic (exact) mass is 319 g/mol. The molecule has 1 atom stereocenters. The lowest BCUT2D eigenvalue weighted by Crippen LogP contribution is -2.36. The number of rotatable bonds is 5. The van der Waals surface area contributed by atoms with Crippen molar-refractivity contribution in [2.24, 2.45) is 5.92 Å². The van der Waals surface area contributed by atoms with E-state index in [0.717, 1.165) is 19.3 Å². The van der Waals surface area contributed by atoms with Crippen LogP contribution in [0.15, 0.2) is 24.3 Å². The van der Waals surface area contributed by atoms with Crippen molar-refractivity contribution < 1.29 is 9.59 Å². The fourth-order valence-corrected chi connectivity index (χ4v) is 2.12. The maximum atomic E-state index is 12.3. The summed E-state index contributed by atoms with van der Waals surface area (Å²) in [4.78, 5) is 24.0. The molecule has 118 valence electrons. The van der Waals surface area contributed by atoms with E-state index in [2.05, 4.69) is 16.0 Å². The Morgan fingerprint density at radius 3 is 2.64 bits per heavy atom. The molecule has 1 saturated carbocycles. The molecule has 0 spiro atoms. The summed E-state index contributed by atoms with van der Waals surface area (Å²) in [5.74, 6) is -0.128. The highest BCUT2D eigenvalue weighted by Crippen LogP contribution is 2.28. The topological polar surface area (TPSA) is 70.2 Å². The fourth-order valence-electron chi connectivity index (χ4n) is 1.91. The molecule has 0 bridgehead atoms. The van der Waals surface area contributed by atoms with Crippen LogP contribution in [-0.4, -0.2) is 23.0 Å². The Hall–Kier alpha value is -1.95. The Kier molecular flexibility index (Phi) is 5.49. The first kappa shape index (κ1) is 16.4. The number of anilines is 1. The van der Waals surface area contributed by atoms with Crippen molar-refractivity contribution in [3.63, 3.8) is 0 Å². The van der Waals surface area contributed by atoms with E-state index < -0.39 is 0 Å². The average molecular weight is 319 g/mol. The third kappa shape index (κ3) is 4.53. The van der Waals surface area contributed by atoms with Crippen molar-refractivity contribution in [2.75, 3.05) is 5.32 Å². The summed E-state index contributed by atoms with van der Waals surface area (Å²) >= 11 is 5.14. The van der Waals surface area contributed by atoms with Gasteiger partial charge < -0.3 is 16.0 Å². The van der Waals surface area contributed by atoms with Gasteiger partial charge in [0.25, 0.3) is 5.91 Å². The molecule has 0 aromatic heterocycles. The second kappa shape index (κ2) is 7.35. The summed E-state index contributed by atoms with van der Waals surface area (Å²) in [6.45, 7) is 3.96. The van der Waals surface area contributed by atoms with Crippen LogP contribution < -0.4 is 16.0 Å². The van der Waals surface area contributed by atoms with E-state index >= 15 is 0 Å². The van der Waals surface area contributed by atoms with Crippen LogP contribution in [0.1, 0.15) is 43.5 Å². The van der Waals surface area contributed by atoms with E-state index in [1.54, 1.807) is 18.2 Å². The van der Waals surface area contributed by atoms with Crippen molar-refractivity contribution in [1.82, 2.24) is 10.6 Å². The van der Waals surface area contributed by atoms with E-state index in [4.69, 9.17) is 12.2 Å². The fraction of sp³-hybridized carbons (Fsp3) is 0.438. The molecule has 1 aliphatic carbocycles. The van der Waals surface area contributed by atoms with Gasteiger partial charge in [0.1, 0.15) is 0 Å². The zero-order valence-electron chi connectivity index (χ0n) is 12.8. The second-order valence-corrected chi connectivity index (χ2v) is 5.95. The van der Waals surface area contributed by atoms with E-state index in [9.17, 15) is 9.59 Å². The molecule has 1 aromatic carbocycles. The van der Waals surface area contributed by atoms with Gasteiger partial charge in [-0.25, -0.2) is 0 Å². The van der Waals surface area contributed by atoms with Crippen LogP contribution in [0.3, 0.4) is 0 Å². The number of hydrogen-bond donors (Lipinski definition) is 3. The average Bonchev–Trinajstić information content (AvgIpc) is 3.32. The molecule has 1 aromatic rings. The van der Waals surface area contributed by atoms with E-state index in [-0.39, 0.29) is 28.9 Å². The number of carbonyl (C=O) groups is 2.